The molecule has 0 fully saturated rings. The summed E-state index contributed by atoms with van der Waals surface area (Å²) < 4.78 is 0. The minimum Gasteiger partial charge on any atom is -0.356 e. The van der Waals surface area contributed by atoms with Gasteiger partial charge in [0.05, 0.1) is 0 Å². The largest absolute Gasteiger partial charge is 0.356 e. The van der Waals surface area contributed by atoms with E-state index in [0.717, 1.165) is 32.6 Å². The SMILES string of the molecule is CC(=O)NCCCN1CC=CCC1. The van der Waals surface area contributed by atoms with Crippen LogP contribution in [0.15, 0.2) is 12.2 Å². The summed E-state index contributed by atoms with van der Waals surface area (Å²) in [6.07, 6.45) is 6.65. The average Bonchev–Trinajstić information content (AvgIpc) is 2.14. The van der Waals surface area contributed by atoms with Crippen LogP contribution in [-0.4, -0.2) is 37.0 Å². The van der Waals surface area contributed by atoms with Crippen LogP contribution in [0, 0.1) is 0 Å². The summed E-state index contributed by atoms with van der Waals surface area (Å²) in [5.74, 6) is 0.0681. The average molecular weight is 182 g/mol. The molecular formula is C10H18N2O. The number of hydrogen-bond donors (Lipinski definition) is 1. The van der Waals surface area contributed by atoms with Crippen molar-refractivity contribution in [3.8, 4) is 0 Å². The molecule has 0 aromatic rings. The summed E-state index contributed by atoms with van der Waals surface area (Å²) in [4.78, 5) is 13.0. The monoisotopic (exact) mass is 182 g/mol. The van der Waals surface area contributed by atoms with Gasteiger partial charge in [-0.25, -0.2) is 0 Å². The first-order valence-corrected chi connectivity index (χ1v) is 4.91. The van der Waals surface area contributed by atoms with Crippen LogP contribution in [0.3, 0.4) is 0 Å². The quantitative estimate of drug-likeness (QED) is 0.514. The first kappa shape index (κ1) is 10.3. The Balaban J connectivity index is 1.99. The van der Waals surface area contributed by atoms with E-state index in [-0.39, 0.29) is 5.91 Å². The van der Waals surface area contributed by atoms with E-state index in [1.54, 1.807) is 6.92 Å². The Labute approximate surface area is 79.8 Å². The van der Waals surface area contributed by atoms with E-state index in [1.165, 1.54) is 6.42 Å². The fraction of sp³-hybridized carbons (Fsp3) is 0.700. The van der Waals surface area contributed by atoms with Crippen LogP contribution >= 0.6 is 0 Å². The fourth-order valence-electron chi connectivity index (χ4n) is 1.46. The van der Waals surface area contributed by atoms with Gasteiger partial charge >= 0.3 is 0 Å². The lowest BCUT2D eigenvalue weighted by molar-refractivity contribution is -0.118. The van der Waals surface area contributed by atoms with Crippen molar-refractivity contribution in [3.05, 3.63) is 12.2 Å². The van der Waals surface area contributed by atoms with Gasteiger partial charge in [0.25, 0.3) is 0 Å². The summed E-state index contributed by atoms with van der Waals surface area (Å²) in [5, 5.41) is 2.80. The molecule has 13 heavy (non-hydrogen) atoms. The molecule has 0 aliphatic carbocycles. The third-order valence-electron chi connectivity index (χ3n) is 2.17. The molecule has 0 aromatic carbocycles. The molecule has 0 saturated heterocycles. The van der Waals surface area contributed by atoms with Gasteiger partial charge in [-0.15, -0.1) is 0 Å². The minimum atomic E-state index is 0.0681. The zero-order chi connectivity index (χ0) is 9.52. The predicted octanol–water partition coefficient (Wildman–Crippen LogP) is 0.774. The fourth-order valence-corrected chi connectivity index (χ4v) is 1.46. The highest BCUT2D eigenvalue weighted by Gasteiger charge is 2.04. The molecule has 1 aliphatic heterocycles. The van der Waals surface area contributed by atoms with Crippen molar-refractivity contribution in [2.45, 2.75) is 19.8 Å². The maximum Gasteiger partial charge on any atom is 0.216 e. The second-order valence-electron chi connectivity index (χ2n) is 3.40. The molecule has 1 amide bonds. The lowest BCUT2D eigenvalue weighted by Crippen LogP contribution is -2.31. The van der Waals surface area contributed by atoms with Gasteiger partial charge in [-0.05, 0) is 12.8 Å². The number of nitrogens with zero attached hydrogens (tertiary/aromatic N) is 1. The van der Waals surface area contributed by atoms with Crippen LogP contribution in [0.5, 0.6) is 0 Å². The lowest BCUT2D eigenvalue weighted by atomic mass is 10.2. The molecule has 0 unspecified atom stereocenters. The number of carbonyl (C=O) groups excluding carboxylic acids is 1. The molecule has 0 spiro atoms. The number of rotatable bonds is 4. The van der Waals surface area contributed by atoms with Crippen LogP contribution in [0.1, 0.15) is 19.8 Å². The van der Waals surface area contributed by atoms with Crippen molar-refractivity contribution in [1.82, 2.24) is 10.2 Å². The van der Waals surface area contributed by atoms with E-state index in [1.807, 2.05) is 0 Å². The molecule has 0 atom stereocenters. The number of carbonyl (C=O) groups is 1. The van der Waals surface area contributed by atoms with Gasteiger partial charge in [0, 0.05) is 33.1 Å². The highest BCUT2D eigenvalue weighted by molar-refractivity contribution is 5.72. The van der Waals surface area contributed by atoms with Crippen LogP contribution in [-0.2, 0) is 4.79 Å². The Hall–Kier alpha value is -0.830. The number of nitrogens with one attached hydrogen (secondary N) is 1. The van der Waals surface area contributed by atoms with Gasteiger partial charge in [0.1, 0.15) is 0 Å². The van der Waals surface area contributed by atoms with Gasteiger partial charge < -0.3 is 5.32 Å². The minimum absolute atomic E-state index is 0.0681. The number of amides is 1. The smallest absolute Gasteiger partial charge is 0.216 e. The van der Waals surface area contributed by atoms with Crippen molar-refractivity contribution in [1.29, 1.82) is 0 Å². The first-order valence-electron chi connectivity index (χ1n) is 4.91. The normalized spacial score (nSPS) is 17.3. The maximum atomic E-state index is 10.6. The Morgan fingerprint density at radius 2 is 2.38 bits per heavy atom. The van der Waals surface area contributed by atoms with Crippen LogP contribution in [0.25, 0.3) is 0 Å². The summed E-state index contributed by atoms with van der Waals surface area (Å²) in [7, 11) is 0. The summed E-state index contributed by atoms with van der Waals surface area (Å²) >= 11 is 0. The standard InChI is InChI=1S/C10H18N2O/c1-10(13)11-6-5-9-12-7-3-2-4-8-12/h2-3H,4-9H2,1H3,(H,11,13). The molecular weight excluding hydrogens is 164 g/mol. The van der Waals surface area contributed by atoms with Crippen molar-refractivity contribution >= 4 is 5.91 Å². The topological polar surface area (TPSA) is 32.3 Å². The third-order valence-corrected chi connectivity index (χ3v) is 2.17. The molecule has 1 N–H and O–H groups in total. The molecule has 0 radical (unpaired) electrons. The van der Waals surface area contributed by atoms with E-state index >= 15 is 0 Å². The Morgan fingerprint density at radius 3 is 3.00 bits per heavy atom. The number of hydrogen-bond acceptors (Lipinski definition) is 2. The second kappa shape index (κ2) is 5.75. The van der Waals surface area contributed by atoms with Crippen molar-refractivity contribution in [2.24, 2.45) is 0 Å². The van der Waals surface area contributed by atoms with E-state index in [2.05, 4.69) is 22.4 Å². The summed E-state index contributed by atoms with van der Waals surface area (Å²) in [5.41, 5.74) is 0. The van der Waals surface area contributed by atoms with Crippen LogP contribution < -0.4 is 5.32 Å². The molecule has 3 heteroatoms. The zero-order valence-corrected chi connectivity index (χ0v) is 8.25. The van der Waals surface area contributed by atoms with Gasteiger partial charge in [0.15, 0.2) is 0 Å². The van der Waals surface area contributed by atoms with Crippen LogP contribution in [0.4, 0.5) is 0 Å². The van der Waals surface area contributed by atoms with E-state index in [0.29, 0.717) is 0 Å². The van der Waals surface area contributed by atoms with E-state index in [9.17, 15) is 4.79 Å². The molecule has 0 bridgehead atoms. The molecule has 3 nitrogen and oxygen atoms in total. The first-order chi connectivity index (χ1) is 6.29. The third kappa shape index (κ3) is 4.68. The molecule has 74 valence electrons. The Bertz CT molecular complexity index is 189. The Kier molecular flexibility index (Phi) is 4.54. The zero-order valence-electron chi connectivity index (χ0n) is 8.25. The summed E-state index contributed by atoms with van der Waals surface area (Å²) in [6, 6.07) is 0. The van der Waals surface area contributed by atoms with E-state index < -0.39 is 0 Å². The van der Waals surface area contributed by atoms with Crippen molar-refractivity contribution < 1.29 is 4.79 Å². The lowest BCUT2D eigenvalue weighted by Gasteiger charge is -2.22. The highest BCUT2D eigenvalue weighted by Crippen LogP contribution is 2.00. The maximum absolute atomic E-state index is 10.6. The molecule has 1 aliphatic rings. The van der Waals surface area contributed by atoms with E-state index in [4.69, 9.17) is 0 Å². The van der Waals surface area contributed by atoms with Gasteiger partial charge in [-0.3, -0.25) is 9.69 Å². The highest BCUT2D eigenvalue weighted by atomic mass is 16.1. The molecule has 0 saturated carbocycles. The predicted molar refractivity (Wildman–Crippen MR) is 53.5 cm³/mol. The van der Waals surface area contributed by atoms with Gasteiger partial charge in [0.2, 0.25) is 5.91 Å². The van der Waals surface area contributed by atoms with Crippen LogP contribution in [0.2, 0.25) is 0 Å². The van der Waals surface area contributed by atoms with Gasteiger partial charge in [-0.1, -0.05) is 12.2 Å². The summed E-state index contributed by atoms with van der Waals surface area (Å²) in [6.45, 7) is 5.68. The van der Waals surface area contributed by atoms with Crippen molar-refractivity contribution in [2.75, 3.05) is 26.2 Å². The molecule has 1 heterocycles. The molecule has 1 rings (SSSR count). The molecule has 0 aromatic heterocycles. The Morgan fingerprint density at radius 1 is 1.54 bits per heavy atom. The second-order valence-corrected chi connectivity index (χ2v) is 3.40. The van der Waals surface area contributed by atoms with Gasteiger partial charge in [-0.2, -0.15) is 0 Å². The van der Waals surface area contributed by atoms with Crippen molar-refractivity contribution in [3.63, 3.8) is 0 Å².